The zero-order chi connectivity index (χ0) is 12.8. The summed E-state index contributed by atoms with van der Waals surface area (Å²) in [6.07, 6.45) is -0.238. The molecule has 2 N–H and O–H groups in total. The first-order valence-electron chi connectivity index (χ1n) is 4.77. The second kappa shape index (κ2) is 5.87. The third kappa shape index (κ3) is 3.47. The zero-order valence-corrected chi connectivity index (χ0v) is 9.84. The SMILES string of the molecule is CNC(=O)c1cc(NC(=O)CC#N)ccc1Cl. The van der Waals surface area contributed by atoms with Gasteiger partial charge in [-0.1, -0.05) is 11.6 Å². The van der Waals surface area contributed by atoms with Crippen molar-refractivity contribution in [3.05, 3.63) is 28.8 Å². The smallest absolute Gasteiger partial charge is 0.252 e. The summed E-state index contributed by atoms with van der Waals surface area (Å²) in [6, 6.07) is 6.25. The van der Waals surface area contributed by atoms with E-state index >= 15 is 0 Å². The number of amides is 2. The Labute approximate surface area is 103 Å². The van der Waals surface area contributed by atoms with Crippen molar-refractivity contribution >= 4 is 29.1 Å². The number of benzene rings is 1. The van der Waals surface area contributed by atoms with Crippen molar-refractivity contribution in [3.63, 3.8) is 0 Å². The summed E-state index contributed by atoms with van der Waals surface area (Å²) in [5.74, 6) is -0.774. The summed E-state index contributed by atoms with van der Waals surface area (Å²) in [5, 5.41) is 13.6. The first-order chi connectivity index (χ1) is 8.08. The summed E-state index contributed by atoms with van der Waals surface area (Å²) in [4.78, 5) is 22.6. The van der Waals surface area contributed by atoms with Gasteiger partial charge in [0, 0.05) is 12.7 Å². The molecule has 1 aromatic carbocycles. The molecule has 5 nitrogen and oxygen atoms in total. The van der Waals surface area contributed by atoms with Crippen molar-refractivity contribution < 1.29 is 9.59 Å². The maximum atomic E-state index is 11.4. The Kier molecular flexibility index (Phi) is 4.49. The number of anilines is 1. The van der Waals surface area contributed by atoms with E-state index in [1.807, 2.05) is 0 Å². The van der Waals surface area contributed by atoms with Gasteiger partial charge in [0.15, 0.2) is 0 Å². The molecule has 88 valence electrons. The Bertz CT molecular complexity index is 494. The maximum Gasteiger partial charge on any atom is 0.252 e. The topological polar surface area (TPSA) is 82.0 Å². The number of hydrogen-bond donors (Lipinski definition) is 2. The van der Waals surface area contributed by atoms with Gasteiger partial charge in [-0.05, 0) is 18.2 Å². The van der Waals surface area contributed by atoms with E-state index in [0.29, 0.717) is 10.7 Å². The van der Waals surface area contributed by atoms with Gasteiger partial charge in [-0.15, -0.1) is 0 Å². The van der Waals surface area contributed by atoms with Crippen LogP contribution in [0, 0.1) is 11.3 Å². The predicted molar refractivity (Wildman–Crippen MR) is 63.7 cm³/mol. The van der Waals surface area contributed by atoms with Crippen molar-refractivity contribution in [2.45, 2.75) is 6.42 Å². The second-order valence-corrected chi connectivity index (χ2v) is 3.56. The van der Waals surface area contributed by atoms with Crippen molar-refractivity contribution in [1.82, 2.24) is 5.32 Å². The molecule has 0 aliphatic rings. The first kappa shape index (κ1) is 13.0. The molecule has 6 heteroatoms. The lowest BCUT2D eigenvalue weighted by Gasteiger charge is -2.07. The van der Waals surface area contributed by atoms with Crippen LogP contribution in [0.3, 0.4) is 0 Å². The maximum absolute atomic E-state index is 11.4. The van der Waals surface area contributed by atoms with Crippen LogP contribution in [-0.2, 0) is 4.79 Å². The standard InChI is InChI=1S/C11H10ClN3O2/c1-14-11(17)8-6-7(2-3-9(8)12)15-10(16)4-5-13/h2-3,6H,4H2,1H3,(H,14,17)(H,15,16). The number of hydrogen-bond acceptors (Lipinski definition) is 3. The fourth-order valence-electron chi connectivity index (χ4n) is 1.19. The van der Waals surface area contributed by atoms with E-state index in [1.165, 1.54) is 19.2 Å². The monoisotopic (exact) mass is 251 g/mol. The van der Waals surface area contributed by atoms with Crippen LogP contribution in [0.5, 0.6) is 0 Å². The zero-order valence-electron chi connectivity index (χ0n) is 9.08. The first-order valence-corrected chi connectivity index (χ1v) is 5.14. The number of halogens is 1. The normalized spacial score (nSPS) is 9.24. The molecule has 0 saturated carbocycles. The van der Waals surface area contributed by atoms with E-state index in [1.54, 1.807) is 12.1 Å². The van der Waals surface area contributed by atoms with Crippen LogP contribution in [0.1, 0.15) is 16.8 Å². The summed E-state index contributed by atoms with van der Waals surface area (Å²) in [5.41, 5.74) is 0.692. The molecule has 0 atom stereocenters. The lowest BCUT2D eigenvalue weighted by Crippen LogP contribution is -2.19. The molecule has 0 aromatic heterocycles. The van der Waals surface area contributed by atoms with Crippen molar-refractivity contribution in [2.75, 3.05) is 12.4 Å². The largest absolute Gasteiger partial charge is 0.355 e. The van der Waals surface area contributed by atoms with E-state index in [9.17, 15) is 9.59 Å². The van der Waals surface area contributed by atoms with Gasteiger partial charge in [-0.25, -0.2) is 0 Å². The molecule has 0 bridgehead atoms. The van der Waals surface area contributed by atoms with E-state index in [2.05, 4.69) is 10.6 Å². The fraction of sp³-hybridized carbons (Fsp3) is 0.182. The minimum absolute atomic E-state index is 0.238. The van der Waals surface area contributed by atoms with Crippen LogP contribution < -0.4 is 10.6 Å². The number of carbonyl (C=O) groups excluding carboxylic acids is 2. The highest BCUT2D eigenvalue weighted by Crippen LogP contribution is 2.20. The molecule has 0 aliphatic heterocycles. The van der Waals surface area contributed by atoms with Gasteiger partial charge < -0.3 is 10.6 Å². The highest BCUT2D eigenvalue weighted by Gasteiger charge is 2.10. The summed E-state index contributed by atoms with van der Waals surface area (Å²) in [6.45, 7) is 0. The third-order valence-electron chi connectivity index (χ3n) is 1.96. The Morgan fingerprint density at radius 3 is 2.76 bits per heavy atom. The molecule has 0 saturated heterocycles. The fourth-order valence-corrected chi connectivity index (χ4v) is 1.39. The lowest BCUT2D eigenvalue weighted by atomic mass is 10.2. The molecule has 17 heavy (non-hydrogen) atoms. The van der Waals surface area contributed by atoms with E-state index in [4.69, 9.17) is 16.9 Å². The number of nitrogens with zero attached hydrogens (tertiary/aromatic N) is 1. The second-order valence-electron chi connectivity index (χ2n) is 3.16. The Morgan fingerprint density at radius 2 is 2.18 bits per heavy atom. The van der Waals surface area contributed by atoms with Gasteiger partial charge in [0.05, 0.1) is 16.7 Å². The van der Waals surface area contributed by atoms with E-state index in [-0.39, 0.29) is 17.9 Å². The highest BCUT2D eigenvalue weighted by atomic mass is 35.5. The Balaban J connectivity index is 2.93. The lowest BCUT2D eigenvalue weighted by molar-refractivity contribution is -0.115. The number of carbonyl (C=O) groups is 2. The van der Waals surface area contributed by atoms with Crippen LogP contribution in [0.4, 0.5) is 5.69 Å². The minimum atomic E-state index is -0.433. The van der Waals surface area contributed by atoms with Crippen molar-refractivity contribution in [1.29, 1.82) is 5.26 Å². The Hall–Kier alpha value is -2.06. The molecular formula is C11H10ClN3O2. The van der Waals surface area contributed by atoms with Crippen molar-refractivity contribution in [2.24, 2.45) is 0 Å². The number of rotatable bonds is 3. The average Bonchev–Trinajstić information content (AvgIpc) is 2.31. The third-order valence-corrected chi connectivity index (χ3v) is 2.29. The molecule has 0 unspecified atom stereocenters. The number of nitriles is 1. The van der Waals surface area contributed by atoms with Crippen LogP contribution in [-0.4, -0.2) is 18.9 Å². The molecule has 0 radical (unpaired) electrons. The molecule has 0 fully saturated rings. The molecule has 0 aliphatic carbocycles. The van der Waals surface area contributed by atoms with Gasteiger partial charge in [-0.2, -0.15) is 5.26 Å². The highest BCUT2D eigenvalue weighted by molar-refractivity contribution is 6.34. The van der Waals surface area contributed by atoms with Gasteiger partial charge in [-0.3, -0.25) is 9.59 Å². The number of nitrogens with one attached hydrogen (secondary N) is 2. The molecule has 0 spiro atoms. The Morgan fingerprint density at radius 1 is 1.47 bits per heavy atom. The van der Waals surface area contributed by atoms with Crippen LogP contribution in [0.25, 0.3) is 0 Å². The summed E-state index contributed by atoms with van der Waals surface area (Å²) < 4.78 is 0. The van der Waals surface area contributed by atoms with Gasteiger partial charge >= 0.3 is 0 Å². The van der Waals surface area contributed by atoms with Crippen LogP contribution in [0.2, 0.25) is 5.02 Å². The molecular weight excluding hydrogens is 242 g/mol. The van der Waals surface area contributed by atoms with Crippen molar-refractivity contribution in [3.8, 4) is 6.07 Å². The van der Waals surface area contributed by atoms with Crippen LogP contribution >= 0.6 is 11.6 Å². The average molecular weight is 252 g/mol. The molecule has 0 heterocycles. The molecule has 2 amide bonds. The summed E-state index contributed by atoms with van der Waals surface area (Å²) in [7, 11) is 1.49. The minimum Gasteiger partial charge on any atom is -0.355 e. The molecule has 1 aromatic rings. The molecule has 1 rings (SSSR count). The van der Waals surface area contributed by atoms with E-state index < -0.39 is 5.91 Å². The van der Waals surface area contributed by atoms with E-state index in [0.717, 1.165) is 0 Å². The predicted octanol–water partition coefficient (Wildman–Crippen LogP) is 1.55. The van der Waals surface area contributed by atoms with Gasteiger partial charge in [0.1, 0.15) is 6.42 Å². The van der Waals surface area contributed by atoms with Crippen LogP contribution in [0.15, 0.2) is 18.2 Å². The quantitative estimate of drug-likeness (QED) is 0.855. The summed E-state index contributed by atoms with van der Waals surface area (Å²) >= 11 is 5.84. The van der Waals surface area contributed by atoms with Gasteiger partial charge in [0.2, 0.25) is 5.91 Å². The van der Waals surface area contributed by atoms with Gasteiger partial charge in [0.25, 0.3) is 5.91 Å².